The summed E-state index contributed by atoms with van der Waals surface area (Å²) in [4.78, 5) is 0. The number of nitriles is 1. The molecule has 0 saturated heterocycles. The van der Waals surface area contributed by atoms with Crippen LogP contribution in [0.15, 0.2) is 0 Å². The molecule has 0 aliphatic rings. The van der Waals surface area contributed by atoms with Crippen LogP contribution in [-0.2, 0) is 0 Å². The van der Waals surface area contributed by atoms with Gasteiger partial charge in [-0.05, 0) is 6.42 Å². The maximum absolute atomic E-state index is 9.46. The van der Waals surface area contributed by atoms with Gasteiger partial charge in [-0.1, -0.05) is 0 Å². The zero-order chi connectivity index (χ0) is 10.3. The fraction of sp³-hybridized carbons (Fsp3) is 0.875. The third-order valence-corrected chi connectivity index (χ3v) is 2.18. The summed E-state index contributed by atoms with van der Waals surface area (Å²) in [6, 6.07) is 1.84. The number of rotatable bonds is 6. The van der Waals surface area contributed by atoms with E-state index in [-0.39, 0.29) is 12.8 Å². The van der Waals surface area contributed by atoms with E-state index in [0.717, 1.165) is 0 Å². The van der Waals surface area contributed by atoms with Gasteiger partial charge in [0.1, 0.15) is 0 Å². The highest BCUT2D eigenvalue weighted by Gasteiger charge is 2.36. The Kier molecular flexibility index (Phi) is 5.58. The standard InChI is InChI=1S/C8H15NO4/c9-3-1-2-7(13)8(4-10,5-11)6-12/h7,10-13H,1-2,4-6H2. The van der Waals surface area contributed by atoms with Crippen molar-refractivity contribution >= 4 is 0 Å². The zero-order valence-electron chi connectivity index (χ0n) is 7.35. The molecule has 0 aromatic rings. The van der Waals surface area contributed by atoms with E-state index in [2.05, 4.69) is 0 Å². The van der Waals surface area contributed by atoms with E-state index in [9.17, 15) is 5.11 Å². The van der Waals surface area contributed by atoms with Crippen molar-refractivity contribution in [2.24, 2.45) is 5.41 Å². The maximum Gasteiger partial charge on any atom is 0.0672 e. The molecular weight excluding hydrogens is 174 g/mol. The first-order valence-corrected chi connectivity index (χ1v) is 4.04. The number of hydrogen-bond acceptors (Lipinski definition) is 5. The van der Waals surface area contributed by atoms with Gasteiger partial charge >= 0.3 is 0 Å². The second-order valence-electron chi connectivity index (χ2n) is 3.05. The van der Waals surface area contributed by atoms with Gasteiger partial charge in [-0.25, -0.2) is 0 Å². The molecule has 0 fully saturated rings. The highest BCUT2D eigenvalue weighted by molar-refractivity contribution is 4.87. The summed E-state index contributed by atoms with van der Waals surface area (Å²) in [5.74, 6) is 0. The van der Waals surface area contributed by atoms with Crippen molar-refractivity contribution < 1.29 is 20.4 Å². The summed E-state index contributed by atoms with van der Waals surface area (Å²) in [6.45, 7) is -1.52. The lowest BCUT2D eigenvalue weighted by atomic mass is 9.82. The van der Waals surface area contributed by atoms with Gasteiger partial charge in [-0.15, -0.1) is 0 Å². The van der Waals surface area contributed by atoms with Crippen LogP contribution in [-0.4, -0.2) is 46.4 Å². The Morgan fingerprint density at radius 1 is 1.15 bits per heavy atom. The molecule has 13 heavy (non-hydrogen) atoms. The second-order valence-corrected chi connectivity index (χ2v) is 3.05. The van der Waals surface area contributed by atoms with Crippen LogP contribution in [0, 0.1) is 16.7 Å². The quantitative estimate of drug-likeness (QED) is 0.412. The third kappa shape index (κ3) is 2.94. The van der Waals surface area contributed by atoms with Crippen LogP contribution in [0.1, 0.15) is 12.8 Å². The van der Waals surface area contributed by atoms with Crippen LogP contribution >= 0.6 is 0 Å². The van der Waals surface area contributed by atoms with Crippen LogP contribution in [0.5, 0.6) is 0 Å². The van der Waals surface area contributed by atoms with Gasteiger partial charge in [0.15, 0.2) is 0 Å². The number of aliphatic hydroxyl groups is 4. The van der Waals surface area contributed by atoms with Crippen LogP contribution in [0.2, 0.25) is 0 Å². The molecule has 0 aliphatic heterocycles. The monoisotopic (exact) mass is 189 g/mol. The normalized spacial score (nSPS) is 13.8. The second kappa shape index (κ2) is 5.89. The minimum Gasteiger partial charge on any atom is -0.396 e. The summed E-state index contributed by atoms with van der Waals surface area (Å²) in [7, 11) is 0. The topological polar surface area (TPSA) is 105 Å². The molecule has 4 N–H and O–H groups in total. The minimum absolute atomic E-state index is 0.128. The highest BCUT2D eigenvalue weighted by Crippen LogP contribution is 2.23. The fourth-order valence-electron chi connectivity index (χ4n) is 0.974. The van der Waals surface area contributed by atoms with Crippen LogP contribution in [0.25, 0.3) is 0 Å². The van der Waals surface area contributed by atoms with Crippen LogP contribution in [0.3, 0.4) is 0 Å². The fourth-order valence-corrected chi connectivity index (χ4v) is 0.974. The van der Waals surface area contributed by atoms with Gasteiger partial charge in [0.05, 0.1) is 37.4 Å². The predicted molar refractivity (Wildman–Crippen MR) is 44.5 cm³/mol. The molecule has 76 valence electrons. The van der Waals surface area contributed by atoms with Crippen LogP contribution < -0.4 is 0 Å². The Morgan fingerprint density at radius 2 is 1.62 bits per heavy atom. The molecular formula is C8H15NO4. The van der Waals surface area contributed by atoms with Crippen LogP contribution in [0.4, 0.5) is 0 Å². The van der Waals surface area contributed by atoms with Gasteiger partial charge in [0, 0.05) is 6.42 Å². The number of aliphatic hydroxyl groups excluding tert-OH is 4. The van der Waals surface area contributed by atoms with Crippen molar-refractivity contribution in [1.29, 1.82) is 5.26 Å². The SMILES string of the molecule is N#CCCC(O)C(CO)(CO)CO. The predicted octanol–water partition coefficient (Wildman–Crippen LogP) is -1.39. The lowest BCUT2D eigenvalue weighted by Crippen LogP contribution is -2.45. The summed E-state index contributed by atoms with van der Waals surface area (Å²) < 4.78 is 0. The minimum atomic E-state index is -1.29. The molecule has 0 heterocycles. The first-order valence-electron chi connectivity index (χ1n) is 4.04. The number of nitrogens with zero attached hydrogens (tertiary/aromatic N) is 1. The van der Waals surface area contributed by atoms with Crippen molar-refractivity contribution in [3.05, 3.63) is 0 Å². The van der Waals surface area contributed by atoms with Crippen molar-refractivity contribution in [3.63, 3.8) is 0 Å². The van der Waals surface area contributed by atoms with Crippen molar-refractivity contribution in [2.75, 3.05) is 19.8 Å². The van der Waals surface area contributed by atoms with Crippen molar-refractivity contribution in [3.8, 4) is 6.07 Å². The van der Waals surface area contributed by atoms with E-state index in [1.54, 1.807) is 0 Å². The Hall–Kier alpha value is -0.670. The van der Waals surface area contributed by atoms with Gasteiger partial charge in [0.2, 0.25) is 0 Å². The van der Waals surface area contributed by atoms with Gasteiger partial charge in [-0.2, -0.15) is 5.26 Å². The molecule has 0 spiro atoms. The highest BCUT2D eigenvalue weighted by atomic mass is 16.3. The summed E-state index contributed by atoms with van der Waals surface area (Å²) in [6.07, 6.45) is -0.798. The third-order valence-electron chi connectivity index (χ3n) is 2.18. The maximum atomic E-state index is 9.46. The Bertz CT molecular complexity index is 165. The molecule has 0 aromatic heterocycles. The van der Waals surface area contributed by atoms with Gasteiger partial charge < -0.3 is 20.4 Å². The molecule has 0 bridgehead atoms. The molecule has 0 aliphatic carbocycles. The van der Waals surface area contributed by atoms with E-state index in [0.29, 0.717) is 0 Å². The first-order chi connectivity index (χ1) is 6.16. The average Bonchev–Trinajstić information content (AvgIpc) is 2.18. The average molecular weight is 189 g/mol. The first kappa shape index (κ1) is 12.3. The van der Waals surface area contributed by atoms with Gasteiger partial charge in [-0.3, -0.25) is 0 Å². The molecule has 0 radical (unpaired) electrons. The van der Waals surface area contributed by atoms with E-state index in [1.807, 2.05) is 6.07 Å². The Labute approximate surface area is 76.9 Å². The van der Waals surface area contributed by atoms with E-state index < -0.39 is 31.3 Å². The summed E-state index contributed by atoms with van der Waals surface area (Å²) >= 11 is 0. The van der Waals surface area contributed by atoms with Gasteiger partial charge in [0.25, 0.3) is 0 Å². The molecule has 1 atom stereocenters. The molecule has 0 rings (SSSR count). The largest absolute Gasteiger partial charge is 0.396 e. The lowest BCUT2D eigenvalue weighted by Gasteiger charge is -2.32. The summed E-state index contributed by atoms with van der Waals surface area (Å²) in [5, 5.41) is 44.4. The lowest BCUT2D eigenvalue weighted by molar-refractivity contribution is -0.0851. The Morgan fingerprint density at radius 3 is 1.92 bits per heavy atom. The van der Waals surface area contributed by atoms with E-state index in [4.69, 9.17) is 20.6 Å². The molecule has 0 saturated carbocycles. The molecule has 5 nitrogen and oxygen atoms in total. The van der Waals surface area contributed by atoms with Crippen molar-refractivity contribution in [1.82, 2.24) is 0 Å². The zero-order valence-corrected chi connectivity index (χ0v) is 7.35. The Balaban J connectivity index is 4.27. The molecule has 0 amide bonds. The molecule has 1 unspecified atom stereocenters. The van der Waals surface area contributed by atoms with E-state index >= 15 is 0 Å². The smallest absolute Gasteiger partial charge is 0.0672 e. The summed E-state index contributed by atoms with van der Waals surface area (Å²) in [5.41, 5.74) is -1.29. The number of hydrogen-bond donors (Lipinski definition) is 4. The van der Waals surface area contributed by atoms with Crippen molar-refractivity contribution in [2.45, 2.75) is 18.9 Å². The molecule has 0 aromatic carbocycles. The van der Waals surface area contributed by atoms with E-state index in [1.165, 1.54) is 0 Å². The molecule has 5 heteroatoms.